The summed E-state index contributed by atoms with van der Waals surface area (Å²) in [7, 11) is 1.50. The summed E-state index contributed by atoms with van der Waals surface area (Å²) in [5.41, 5.74) is 7.03. The summed E-state index contributed by atoms with van der Waals surface area (Å²) in [6.45, 7) is 0. The Labute approximate surface area is 107 Å². The number of ether oxygens (including phenoxy) is 1. The molecule has 2 fully saturated rings. The summed E-state index contributed by atoms with van der Waals surface area (Å²) in [5, 5.41) is 0. The van der Waals surface area contributed by atoms with Crippen molar-refractivity contribution in [1.29, 1.82) is 0 Å². The molecule has 3 rings (SSSR count). The fourth-order valence-corrected chi connectivity index (χ4v) is 3.91. The van der Waals surface area contributed by atoms with Gasteiger partial charge in [0.2, 0.25) is 0 Å². The first-order valence-electron chi connectivity index (χ1n) is 6.72. The van der Waals surface area contributed by atoms with Gasteiger partial charge in [-0.2, -0.15) is 0 Å². The molecule has 0 aliphatic heterocycles. The van der Waals surface area contributed by atoms with Gasteiger partial charge in [-0.15, -0.1) is 0 Å². The predicted molar refractivity (Wildman–Crippen MR) is 69.0 cm³/mol. The standard InChI is InChI=1S/C15H20FNO/c1-18-13-4-2-3-11(14(13)16)9-15(17)8-10-5-6-12(15)7-10/h2-4,10,12H,5-9,17H2,1H3. The summed E-state index contributed by atoms with van der Waals surface area (Å²) >= 11 is 0. The zero-order chi connectivity index (χ0) is 12.8. The van der Waals surface area contributed by atoms with E-state index in [9.17, 15) is 4.39 Å². The zero-order valence-corrected chi connectivity index (χ0v) is 10.8. The highest BCUT2D eigenvalue weighted by Crippen LogP contribution is 2.50. The molecule has 0 aromatic heterocycles. The molecule has 1 aromatic carbocycles. The number of benzene rings is 1. The first-order chi connectivity index (χ1) is 8.62. The number of rotatable bonds is 3. The first-order valence-corrected chi connectivity index (χ1v) is 6.72. The quantitative estimate of drug-likeness (QED) is 0.894. The third-order valence-electron chi connectivity index (χ3n) is 4.81. The topological polar surface area (TPSA) is 35.2 Å². The molecule has 98 valence electrons. The number of methoxy groups -OCH3 is 1. The van der Waals surface area contributed by atoms with Crippen molar-refractivity contribution < 1.29 is 9.13 Å². The molecule has 2 N–H and O–H groups in total. The van der Waals surface area contributed by atoms with E-state index in [2.05, 4.69) is 0 Å². The molecule has 2 aliphatic rings. The van der Waals surface area contributed by atoms with E-state index in [0.717, 1.165) is 12.3 Å². The Morgan fingerprint density at radius 2 is 2.28 bits per heavy atom. The molecular formula is C15H20FNO. The number of hydrogen-bond acceptors (Lipinski definition) is 2. The van der Waals surface area contributed by atoms with E-state index in [1.165, 1.54) is 26.4 Å². The third-order valence-corrected chi connectivity index (χ3v) is 4.81. The van der Waals surface area contributed by atoms with Crippen LogP contribution < -0.4 is 10.5 Å². The molecule has 3 heteroatoms. The molecule has 2 aliphatic carbocycles. The third kappa shape index (κ3) is 1.81. The van der Waals surface area contributed by atoms with E-state index in [-0.39, 0.29) is 11.4 Å². The first kappa shape index (κ1) is 12.0. The largest absolute Gasteiger partial charge is 0.494 e. The summed E-state index contributed by atoms with van der Waals surface area (Å²) in [4.78, 5) is 0. The van der Waals surface area contributed by atoms with Crippen LogP contribution in [-0.2, 0) is 6.42 Å². The number of halogens is 1. The molecule has 0 heterocycles. The Hall–Kier alpha value is -1.09. The zero-order valence-electron chi connectivity index (χ0n) is 10.8. The average Bonchev–Trinajstić information content (AvgIpc) is 2.91. The minimum atomic E-state index is -0.243. The van der Waals surface area contributed by atoms with Crippen LogP contribution in [0.5, 0.6) is 5.75 Å². The van der Waals surface area contributed by atoms with E-state index >= 15 is 0 Å². The van der Waals surface area contributed by atoms with Crippen LogP contribution in [0.25, 0.3) is 0 Å². The van der Waals surface area contributed by atoms with Crippen LogP contribution in [-0.4, -0.2) is 12.6 Å². The van der Waals surface area contributed by atoms with Crippen molar-refractivity contribution >= 4 is 0 Å². The van der Waals surface area contributed by atoms with Gasteiger partial charge in [-0.1, -0.05) is 18.6 Å². The maximum atomic E-state index is 14.2. The molecule has 3 atom stereocenters. The molecule has 1 aromatic rings. The molecule has 2 saturated carbocycles. The van der Waals surface area contributed by atoms with Crippen molar-refractivity contribution in [3.05, 3.63) is 29.6 Å². The molecule has 0 radical (unpaired) electrons. The van der Waals surface area contributed by atoms with Crippen LogP contribution in [0.3, 0.4) is 0 Å². The SMILES string of the molecule is COc1cccc(CC2(N)CC3CCC2C3)c1F. The van der Waals surface area contributed by atoms with Gasteiger partial charge in [0.25, 0.3) is 0 Å². The van der Waals surface area contributed by atoms with E-state index in [1.54, 1.807) is 6.07 Å². The highest BCUT2D eigenvalue weighted by Gasteiger charge is 2.48. The molecule has 0 spiro atoms. The second-order valence-electron chi connectivity index (χ2n) is 5.92. The van der Waals surface area contributed by atoms with Gasteiger partial charge in [0, 0.05) is 5.54 Å². The van der Waals surface area contributed by atoms with Gasteiger partial charge in [0.05, 0.1) is 7.11 Å². The van der Waals surface area contributed by atoms with Crippen molar-refractivity contribution in [1.82, 2.24) is 0 Å². The van der Waals surface area contributed by atoms with Crippen LogP contribution >= 0.6 is 0 Å². The lowest BCUT2D eigenvalue weighted by molar-refractivity contribution is 0.266. The number of nitrogens with two attached hydrogens (primary N) is 1. The molecule has 0 saturated heterocycles. The van der Waals surface area contributed by atoms with E-state index in [4.69, 9.17) is 10.5 Å². The Kier molecular flexibility index (Phi) is 2.81. The molecular weight excluding hydrogens is 229 g/mol. The number of hydrogen-bond donors (Lipinski definition) is 1. The minimum absolute atomic E-state index is 0.198. The van der Waals surface area contributed by atoms with Crippen LogP contribution in [0.1, 0.15) is 31.2 Å². The van der Waals surface area contributed by atoms with E-state index in [1.807, 2.05) is 12.1 Å². The minimum Gasteiger partial charge on any atom is -0.494 e. The Balaban J connectivity index is 1.85. The fourth-order valence-electron chi connectivity index (χ4n) is 3.91. The Morgan fingerprint density at radius 1 is 1.44 bits per heavy atom. The van der Waals surface area contributed by atoms with Crippen molar-refractivity contribution in [2.24, 2.45) is 17.6 Å². The molecule has 0 amide bonds. The van der Waals surface area contributed by atoms with Gasteiger partial charge in [-0.3, -0.25) is 0 Å². The highest BCUT2D eigenvalue weighted by molar-refractivity contribution is 5.32. The second-order valence-corrected chi connectivity index (χ2v) is 5.92. The van der Waals surface area contributed by atoms with Crippen molar-refractivity contribution in [3.63, 3.8) is 0 Å². The number of fused-ring (bicyclic) bond motifs is 2. The van der Waals surface area contributed by atoms with Gasteiger partial charge >= 0.3 is 0 Å². The molecule has 3 unspecified atom stereocenters. The lowest BCUT2D eigenvalue weighted by atomic mass is 9.77. The summed E-state index contributed by atoms with van der Waals surface area (Å²) in [5.74, 6) is 1.42. The normalized spacial score (nSPS) is 33.9. The predicted octanol–water partition coefficient (Wildman–Crippen LogP) is 2.89. The summed E-state index contributed by atoms with van der Waals surface area (Å²) < 4.78 is 19.2. The van der Waals surface area contributed by atoms with Crippen molar-refractivity contribution in [2.45, 2.75) is 37.6 Å². The average molecular weight is 249 g/mol. The van der Waals surface area contributed by atoms with Gasteiger partial charge in [-0.25, -0.2) is 4.39 Å². The maximum Gasteiger partial charge on any atom is 0.168 e. The highest BCUT2D eigenvalue weighted by atomic mass is 19.1. The maximum absolute atomic E-state index is 14.2. The summed E-state index contributed by atoms with van der Waals surface area (Å²) in [6, 6.07) is 5.33. The second kappa shape index (κ2) is 4.23. The van der Waals surface area contributed by atoms with Crippen LogP contribution in [0.4, 0.5) is 4.39 Å². The fraction of sp³-hybridized carbons (Fsp3) is 0.600. The Bertz CT molecular complexity index is 462. The van der Waals surface area contributed by atoms with E-state index in [0.29, 0.717) is 23.7 Å². The van der Waals surface area contributed by atoms with Crippen LogP contribution in [0, 0.1) is 17.7 Å². The summed E-state index contributed by atoms with van der Waals surface area (Å²) in [6.07, 6.45) is 5.45. The lowest BCUT2D eigenvalue weighted by Gasteiger charge is -2.34. The Morgan fingerprint density at radius 3 is 2.89 bits per heavy atom. The van der Waals surface area contributed by atoms with Crippen molar-refractivity contribution in [2.75, 3.05) is 7.11 Å². The van der Waals surface area contributed by atoms with Crippen molar-refractivity contribution in [3.8, 4) is 5.75 Å². The van der Waals surface area contributed by atoms with Gasteiger partial charge in [-0.05, 0) is 49.1 Å². The van der Waals surface area contributed by atoms with Gasteiger partial charge in [0.1, 0.15) is 0 Å². The molecule has 18 heavy (non-hydrogen) atoms. The van der Waals surface area contributed by atoms with Gasteiger partial charge in [0.15, 0.2) is 11.6 Å². The van der Waals surface area contributed by atoms with Crippen LogP contribution in [0.2, 0.25) is 0 Å². The van der Waals surface area contributed by atoms with Crippen LogP contribution in [0.15, 0.2) is 18.2 Å². The monoisotopic (exact) mass is 249 g/mol. The van der Waals surface area contributed by atoms with Gasteiger partial charge < -0.3 is 10.5 Å². The lowest BCUT2D eigenvalue weighted by Crippen LogP contribution is -2.47. The molecule has 2 bridgehead atoms. The molecule has 2 nitrogen and oxygen atoms in total. The van der Waals surface area contributed by atoms with E-state index < -0.39 is 0 Å². The smallest absolute Gasteiger partial charge is 0.168 e.